The summed E-state index contributed by atoms with van der Waals surface area (Å²) < 4.78 is 7.35. The van der Waals surface area contributed by atoms with E-state index in [4.69, 9.17) is 15.6 Å². The Bertz CT molecular complexity index is 540. The molecular weight excluding hydrogens is 222 g/mol. The van der Waals surface area contributed by atoms with Crippen LogP contribution < -0.4 is 5.73 Å². The van der Waals surface area contributed by atoms with Crippen LogP contribution >= 0.6 is 0 Å². The quantitative estimate of drug-likeness (QED) is 0.764. The summed E-state index contributed by atoms with van der Waals surface area (Å²) in [5, 5.41) is 14.0. The second-order valence-electron chi connectivity index (χ2n) is 4.06. The van der Waals surface area contributed by atoms with Gasteiger partial charge in [0.1, 0.15) is 12.1 Å². The standard InChI is InChI=1S/C10H13N5O2/c11-9-7-3-14-15(10(7)13-5-12-9)8-2-1-6(4-16)17-8/h3,5-6,8,16H,1-2,4H2,(H2,11,12,13). The molecule has 3 heterocycles. The van der Waals surface area contributed by atoms with E-state index in [0.717, 1.165) is 18.2 Å². The molecular formula is C10H13N5O2. The highest BCUT2D eigenvalue weighted by Crippen LogP contribution is 2.30. The van der Waals surface area contributed by atoms with Crippen LogP contribution in [0.5, 0.6) is 0 Å². The zero-order chi connectivity index (χ0) is 11.8. The van der Waals surface area contributed by atoms with E-state index in [1.807, 2.05) is 0 Å². The molecule has 2 aromatic rings. The van der Waals surface area contributed by atoms with Crippen molar-refractivity contribution in [3.8, 4) is 0 Å². The predicted molar refractivity (Wildman–Crippen MR) is 60.0 cm³/mol. The number of rotatable bonds is 2. The maximum absolute atomic E-state index is 9.04. The monoisotopic (exact) mass is 235 g/mol. The molecule has 7 heteroatoms. The third kappa shape index (κ3) is 1.63. The van der Waals surface area contributed by atoms with E-state index >= 15 is 0 Å². The van der Waals surface area contributed by atoms with Crippen LogP contribution in [0.25, 0.3) is 11.0 Å². The fourth-order valence-corrected chi connectivity index (χ4v) is 2.09. The van der Waals surface area contributed by atoms with Crippen molar-refractivity contribution in [3.63, 3.8) is 0 Å². The lowest BCUT2D eigenvalue weighted by atomic mass is 10.2. The summed E-state index contributed by atoms with van der Waals surface area (Å²) in [7, 11) is 0. The van der Waals surface area contributed by atoms with Gasteiger partial charge in [0, 0.05) is 0 Å². The molecule has 0 aromatic carbocycles. The van der Waals surface area contributed by atoms with E-state index in [2.05, 4.69) is 15.1 Å². The summed E-state index contributed by atoms with van der Waals surface area (Å²) in [6, 6.07) is 0. The lowest BCUT2D eigenvalue weighted by Crippen LogP contribution is -2.15. The van der Waals surface area contributed by atoms with Crippen molar-refractivity contribution in [2.45, 2.75) is 25.2 Å². The normalized spacial score (nSPS) is 24.5. The van der Waals surface area contributed by atoms with Gasteiger partial charge >= 0.3 is 0 Å². The van der Waals surface area contributed by atoms with Crippen LogP contribution in [0.4, 0.5) is 5.82 Å². The summed E-state index contributed by atoms with van der Waals surface area (Å²) >= 11 is 0. The van der Waals surface area contributed by atoms with Gasteiger partial charge in [0.25, 0.3) is 0 Å². The first-order valence-corrected chi connectivity index (χ1v) is 5.49. The van der Waals surface area contributed by atoms with Crippen LogP contribution in [-0.4, -0.2) is 37.6 Å². The second-order valence-corrected chi connectivity index (χ2v) is 4.06. The first-order valence-electron chi connectivity index (χ1n) is 5.49. The highest BCUT2D eigenvalue weighted by atomic mass is 16.5. The number of hydrogen-bond acceptors (Lipinski definition) is 6. The average molecular weight is 235 g/mol. The number of ether oxygens (including phenoxy) is 1. The van der Waals surface area contributed by atoms with Crippen molar-refractivity contribution in [2.24, 2.45) is 0 Å². The van der Waals surface area contributed by atoms with Crippen LogP contribution in [0.3, 0.4) is 0 Å². The number of nitrogen functional groups attached to an aromatic ring is 1. The molecule has 1 aliphatic rings. The molecule has 0 radical (unpaired) electrons. The molecule has 0 amide bonds. The van der Waals surface area contributed by atoms with Crippen LogP contribution in [0.2, 0.25) is 0 Å². The molecule has 7 nitrogen and oxygen atoms in total. The van der Waals surface area contributed by atoms with Gasteiger partial charge in [-0.2, -0.15) is 5.10 Å². The van der Waals surface area contributed by atoms with Gasteiger partial charge in [-0.1, -0.05) is 0 Å². The fraction of sp³-hybridized carbons (Fsp3) is 0.500. The number of aliphatic hydroxyl groups is 1. The Balaban J connectivity index is 1.99. The topological polar surface area (TPSA) is 99.1 Å². The molecule has 2 atom stereocenters. The molecule has 0 saturated carbocycles. The Hall–Kier alpha value is -1.73. The smallest absolute Gasteiger partial charge is 0.165 e. The van der Waals surface area contributed by atoms with Crippen LogP contribution in [0.1, 0.15) is 19.1 Å². The Morgan fingerprint density at radius 3 is 3.12 bits per heavy atom. The van der Waals surface area contributed by atoms with E-state index in [0.29, 0.717) is 11.5 Å². The van der Waals surface area contributed by atoms with Crippen molar-refractivity contribution in [1.29, 1.82) is 0 Å². The SMILES string of the molecule is Nc1ncnc2c1cnn2C1CCC(CO)O1. The summed E-state index contributed by atoms with van der Waals surface area (Å²) in [5.41, 5.74) is 6.40. The lowest BCUT2D eigenvalue weighted by Gasteiger charge is -2.12. The van der Waals surface area contributed by atoms with E-state index in [1.54, 1.807) is 10.9 Å². The van der Waals surface area contributed by atoms with E-state index < -0.39 is 0 Å². The van der Waals surface area contributed by atoms with Gasteiger partial charge in [-0.15, -0.1) is 0 Å². The number of nitrogens with two attached hydrogens (primary N) is 1. The highest BCUT2D eigenvalue weighted by molar-refractivity contribution is 5.84. The number of aliphatic hydroxyl groups excluding tert-OH is 1. The van der Waals surface area contributed by atoms with Crippen molar-refractivity contribution in [2.75, 3.05) is 12.3 Å². The Kier molecular flexibility index (Phi) is 2.41. The Labute approximate surface area is 97.2 Å². The van der Waals surface area contributed by atoms with E-state index in [1.165, 1.54) is 6.33 Å². The molecule has 1 aliphatic heterocycles. The van der Waals surface area contributed by atoms with Crippen molar-refractivity contribution in [1.82, 2.24) is 19.7 Å². The number of aromatic nitrogens is 4. The average Bonchev–Trinajstić information content (AvgIpc) is 2.94. The van der Waals surface area contributed by atoms with Gasteiger partial charge in [0.15, 0.2) is 11.9 Å². The van der Waals surface area contributed by atoms with Gasteiger partial charge in [-0.3, -0.25) is 0 Å². The molecule has 90 valence electrons. The molecule has 0 bridgehead atoms. The summed E-state index contributed by atoms with van der Waals surface area (Å²) in [6.45, 7) is 0.0345. The zero-order valence-electron chi connectivity index (χ0n) is 9.15. The largest absolute Gasteiger partial charge is 0.394 e. The van der Waals surface area contributed by atoms with Crippen LogP contribution in [0, 0.1) is 0 Å². The summed E-state index contributed by atoms with van der Waals surface area (Å²) in [4.78, 5) is 8.08. The number of anilines is 1. The Morgan fingerprint density at radius 2 is 2.35 bits per heavy atom. The predicted octanol–water partition coefficient (Wildman–Crippen LogP) is 0.0784. The molecule has 2 aromatic heterocycles. The van der Waals surface area contributed by atoms with Crippen LogP contribution in [-0.2, 0) is 4.74 Å². The zero-order valence-corrected chi connectivity index (χ0v) is 9.15. The molecule has 2 unspecified atom stereocenters. The maximum Gasteiger partial charge on any atom is 0.165 e. The van der Waals surface area contributed by atoms with E-state index in [9.17, 15) is 0 Å². The summed E-state index contributed by atoms with van der Waals surface area (Å²) in [6.07, 6.45) is 4.39. The first-order chi connectivity index (χ1) is 8.29. The van der Waals surface area contributed by atoms with Gasteiger partial charge in [0.2, 0.25) is 0 Å². The highest BCUT2D eigenvalue weighted by Gasteiger charge is 2.28. The molecule has 3 N–H and O–H groups in total. The molecule has 1 fully saturated rings. The number of hydrogen-bond donors (Lipinski definition) is 2. The maximum atomic E-state index is 9.04. The summed E-state index contributed by atoms with van der Waals surface area (Å²) in [5.74, 6) is 0.415. The van der Waals surface area contributed by atoms with Gasteiger partial charge in [0.05, 0.1) is 24.3 Å². The third-order valence-corrected chi connectivity index (χ3v) is 2.98. The molecule has 0 spiro atoms. The fourth-order valence-electron chi connectivity index (χ4n) is 2.09. The second kappa shape index (κ2) is 3.94. The minimum atomic E-state index is -0.182. The number of fused-ring (bicyclic) bond motifs is 1. The lowest BCUT2D eigenvalue weighted by molar-refractivity contribution is -0.0262. The van der Waals surface area contributed by atoms with Crippen molar-refractivity contribution < 1.29 is 9.84 Å². The molecule has 1 saturated heterocycles. The first kappa shape index (κ1) is 10.4. The van der Waals surface area contributed by atoms with Gasteiger partial charge in [-0.05, 0) is 12.8 Å². The minimum Gasteiger partial charge on any atom is -0.394 e. The number of nitrogens with zero attached hydrogens (tertiary/aromatic N) is 4. The minimum absolute atomic E-state index is 0.0345. The van der Waals surface area contributed by atoms with Crippen molar-refractivity contribution in [3.05, 3.63) is 12.5 Å². The van der Waals surface area contributed by atoms with Gasteiger partial charge < -0.3 is 15.6 Å². The molecule has 17 heavy (non-hydrogen) atoms. The Morgan fingerprint density at radius 1 is 1.47 bits per heavy atom. The van der Waals surface area contributed by atoms with E-state index in [-0.39, 0.29) is 18.9 Å². The van der Waals surface area contributed by atoms with Crippen LogP contribution in [0.15, 0.2) is 12.5 Å². The van der Waals surface area contributed by atoms with Gasteiger partial charge in [-0.25, -0.2) is 14.6 Å². The molecule has 3 rings (SSSR count). The third-order valence-electron chi connectivity index (χ3n) is 2.98. The molecule has 0 aliphatic carbocycles. The van der Waals surface area contributed by atoms with Crippen molar-refractivity contribution >= 4 is 16.9 Å².